The molecule has 8 nitrogen and oxygen atoms in total. The van der Waals surface area contributed by atoms with E-state index >= 15 is 0 Å². The van der Waals surface area contributed by atoms with Crippen molar-refractivity contribution in [3.63, 3.8) is 0 Å². The molecule has 8 heteroatoms. The SMILES string of the molecule is Cn1c(=O)n(C2CCC(=O)NC2=O)c2cccc(CCN3CCN(C4CCCCC4)CC3)c21. The summed E-state index contributed by atoms with van der Waals surface area (Å²) in [6.45, 7) is 5.47. The van der Waals surface area contributed by atoms with E-state index in [0.29, 0.717) is 6.42 Å². The summed E-state index contributed by atoms with van der Waals surface area (Å²) in [6.07, 6.45) is 8.37. The second-order valence-corrected chi connectivity index (χ2v) is 9.88. The van der Waals surface area contributed by atoms with Crippen molar-refractivity contribution < 1.29 is 9.59 Å². The number of hydrogen-bond acceptors (Lipinski definition) is 5. The van der Waals surface area contributed by atoms with Crippen LogP contribution in [0.1, 0.15) is 56.6 Å². The number of aromatic nitrogens is 2. The maximum atomic E-state index is 13.1. The molecule has 1 unspecified atom stereocenters. The van der Waals surface area contributed by atoms with Gasteiger partial charge in [0.05, 0.1) is 11.0 Å². The van der Waals surface area contributed by atoms with Gasteiger partial charge in [-0.15, -0.1) is 0 Å². The third-order valence-electron chi connectivity index (χ3n) is 7.90. The lowest BCUT2D eigenvalue weighted by Crippen LogP contribution is -2.51. The second-order valence-electron chi connectivity index (χ2n) is 9.88. The zero-order chi connectivity index (χ0) is 22.9. The van der Waals surface area contributed by atoms with Gasteiger partial charge in [-0.3, -0.25) is 28.9 Å². The average molecular weight is 454 g/mol. The zero-order valence-electron chi connectivity index (χ0n) is 19.6. The Morgan fingerprint density at radius 1 is 0.970 bits per heavy atom. The Hall–Kier alpha value is -2.45. The fourth-order valence-corrected chi connectivity index (χ4v) is 6.03. The average Bonchev–Trinajstić information content (AvgIpc) is 3.09. The molecule has 1 N–H and O–H groups in total. The van der Waals surface area contributed by atoms with Crippen molar-refractivity contribution in [2.24, 2.45) is 7.05 Å². The van der Waals surface area contributed by atoms with Crippen molar-refractivity contribution in [1.82, 2.24) is 24.3 Å². The fraction of sp³-hybridized carbons (Fsp3) is 0.640. The molecular weight excluding hydrogens is 418 g/mol. The van der Waals surface area contributed by atoms with E-state index in [1.54, 1.807) is 16.2 Å². The van der Waals surface area contributed by atoms with Crippen LogP contribution in [0.4, 0.5) is 0 Å². The van der Waals surface area contributed by atoms with Crippen molar-refractivity contribution in [3.05, 3.63) is 34.2 Å². The number of hydrogen-bond donors (Lipinski definition) is 1. The summed E-state index contributed by atoms with van der Waals surface area (Å²) >= 11 is 0. The maximum Gasteiger partial charge on any atom is 0.329 e. The number of imide groups is 1. The minimum atomic E-state index is -0.637. The summed E-state index contributed by atoms with van der Waals surface area (Å²) in [5, 5.41) is 2.38. The van der Waals surface area contributed by atoms with E-state index < -0.39 is 6.04 Å². The van der Waals surface area contributed by atoms with E-state index in [0.717, 1.165) is 61.8 Å². The summed E-state index contributed by atoms with van der Waals surface area (Å²) in [7, 11) is 1.78. The number of amides is 2. The van der Waals surface area contributed by atoms with Crippen molar-refractivity contribution in [3.8, 4) is 0 Å². The van der Waals surface area contributed by atoms with Crippen LogP contribution in [0, 0.1) is 0 Å². The lowest BCUT2D eigenvalue weighted by atomic mass is 9.94. The highest BCUT2D eigenvalue weighted by Crippen LogP contribution is 2.26. The summed E-state index contributed by atoms with van der Waals surface area (Å²) in [6, 6.07) is 6.13. The van der Waals surface area contributed by atoms with Gasteiger partial charge in [-0.25, -0.2) is 4.79 Å². The van der Waals surface area contributed by atoms with Gasteiger partial charge in [0.1, 0.15) is 6.04 Å². The van der Waals surface area contributed by atoms with Crippen molar-refractivity contribution in [1.29, 1.82) is 0 Å². The summed E-state index contributed by atoms with van der Waals surface area (Å²) in [4.78, 5) is 42.4. The van der Waals surface area contributed by atoms with Crippen LogP contribution in [0.2, 0.25) is 0 Å². The van der Waals surface area contributed by atoms with E-state index in [9.17, 15) is 14.4 Å². The number of imidazole rings is 1. The van der Waals surface area contributed by atoms with Gasteiger partial charge >= 0.3 is 5.69 Å². The summed E-state index contributed by atoms with van der Waals surface area (Å²) < 4.78 is 3.24. The molecule has 1 aliphatic carbocycles. The molecule has 2 aromatic rings. The molecular formula is C25H35N5O3. The molecule has 2 saturated heterocycles. The molecule has 33 heavy (non-hydrogen) atoms. The molecule has 1 atom stereocenters. The number of nitrogens with one attached hydrogen (secondary N) is 1. The number of carbonyl (C=O) groups excluding carboxylic acids is 2. The molecule has 2 amide bonds. The number of nitrogens with zero attached hydrogens (tertiary/aromatic N) is 4. The maximum absolute atomic E-state index is 13.1. The number of aryl methyl sites for hydroxylation is 1. The van der Waals surface area contributed by atoms with Gasteiger partial charge in [-0.05, 0) is 37.3 Å². The van der Waals surface area contributed by atoms with Gasteiger partial charge in [0.25, 0.3) is 0 Å². The first-order valence-electron chi connectivity index (χ1n) is 12.5. The van der Waals surface area contributed by atoms with Gasteiger partial charge in [0.15, 0.2) is 0 Å². The van der Waals surface area contributed by atoms with E-state index in [1.807, 2.05) is 12.1 Å². The Morgan fingerprint density at radius 2 is 1.73 bits per heavy atom. The number of para-hydroxylation sites is 1. The minimum absolute atomic E-state index is 0.201. The normalized spacial score (nSPS) is 23.8. The van der Waals surface area contributed by atoms with Gasteiger partial charge in [-0.2, -0.15) is 0 Å². The molecule has 1 aromatic heterocycles. The number of rotatable bonds is 5. The standard InChI is InChI=1S/C25H35N5O3/c1-27-23-18(12-13-28-14-16-29(17-15-28)19-7-3-2-4-8-19)6-5-9-20(23)30(25(27)33)21-10-11-22(31)26-24(21)32/h5-6,9,19,21H,2-4,7-8,10-17H2,1H3,(H,26,31,32). The van der Waals surface area contributed by atoms with Crippen LogP contribution in [-0.4, -0.2) is 69.5 Å². The smallest absolute Gasteiger partial charge is 0.300 e. The van der Waals surface area contributed by atoms with Crippen LogP contribution in [-0.2, 0) is 23.1 Å². The lowest BCUT2D eigenvalue weighted by molar-refractivity contribution is -0.135. The number of fused-ring (bicyclic) bond motifs is 1. The fourth-order valence-electron chi connectivity index (χ4n) is 6.03. The Morgan fingerprint density at radius 3 is 2.45 bits per heavy atom. The number of carbonyl (C=O) groups is 2. The lowest BCUT2D eigenvalue weighted by Gasteiger charge is -2.40. The molecule has 3 aliphatic rings. The van der Waals surface area contributed by atoms with E-state index in [-0.39, 0.29) is 23.9 Å². The van der Waals surface area contributed by atoms with Crippen molar-refractivity contribution in [2.45, 2.75) is 63.5 Å². The Labute approximate surface area is 194 Å². The minimum Gasteiger partial charge on any atom is -0.300 e. The second kappa shape index (κ2) is 9.43. The van der Waals surface area contributed by atoms with Gasteiger partial charge in [0.2, 0.25) is 11.8 Å². The molecule has 1 saturated carbocycles. The molecule has 178 valence electrons. The topological polar surface area (TPSA) is 79.6 Å². The number of piperidine rings is 1. The number of benzene rings is 1. The van der Waals surface area contributed by atoms with Gasteiger partial charge in [-0.1, -0.05) is 31.4 Å². The summed E-state index contributed by atoms with van der Waals surface area (Å²) in [5.74, 6) is -0.657. The third kappa shape index (κ3) is 4.38. The van der Waals surface area contributed by atoms with Crippen LogP contribution in [0.5, 0.6) is 0 Å². The zero-order valence-corrected chi connectivity index (χ0v) is 19.6. The quantitative estimate of drug-likeness (QED) is 0.699. The first-order valence-corrected chi connectivity index (χ1v) is 12.5. The van der Waals surface area contributed by atoms with Crippen LogP contribution >= 0.6 is 0 Å². The van der Waals surface area contributed by atoms with Gasteiger partial charge in [0, 0.05) is 52.2 Å². The van der Waals surface area contributed by atoms with Crippen molar-refractivity contribution >= 4 is 22.8 Å². The highest BCUT2D eigenvalue weighted by Gasteiger charge is 2.31. The van der Waals surface area contributed by atoms with E-state index in [1.165, 1.54) is 32.1 Å². The predicted molar refractivity (Wildman–Crippen MR) is 127 cm³/mol. The van der Waals surface area contributed by atoms with Crippen LogP contribution in [0.15, 0.2) is 23.0 Å². The molecule has 0 spiro atoms. The molecule has 5 rings (SSSR count). The largest absolute Gasteiger partial charge is 0.329 e. The Balaban J connectivity index is 1.29. The van der Waals surface area contributed by atoms with E-state index in [2.05, 4.69) is 21.2 Å². The molecule has 1 aromatic carbocycles. The molecule has 0 bridgehead atoms. The van der Waals surface area contributed by atoms with Crippen molar-refractivity contribution in [2.75, 3.05) is 32.7 Å². The van der Waals surface area contributed by atoms with Crippen LogP contribution in [0.25, 0.3) is 11.0 Å². The molecule has 0 radical (unpaired) electrons. The van der Waals surface area contributed by atoms with Crippen LogP contribution < -0.4 is 11.0 Å². The highest BCUT2D eigenvalue weighted by atomic mass is 16.2. The van der Waals surface area contributed by atoms with Gasteiger partial charge < -0.3 is 4.90 Å². The molecule has 2 aliphatic heterocycles. The molecule has 3 fully saturated rings. The van der Waals surface area contributed by atoms with E-state index in [4.69, 9.17) is 0 Å². The number of piperazine rings is 1. The van der Waals surface area contributed by atoms with Crippen LogP contribution in [0.3, 0.4) is 0 Å². The highest BCUT2D eigenvalue weighted by molar-refractivity contribution is 6.00. The summed E-state index contributed by atoms with van der Waals surface area (Å²) in [5.41, 5.74) is 2.60. The Kier molecular flexibility index (Phi) is 6.38. The first-order chi connectivity index (χ1) is 16.0. The molecule has 3 heterocycles. The first kappa shape index (κ1) is 22.3. The third-order valence-corrected chi connectivity index (χ3v) is 7.90. The monoisotopic (exact) mass is 453 g/mol. The predicted octanol–water partition coefficient (Wildman–Crippen LogP) is 1.81. The Bertz CT molecular complexity index is 1090.